The van der Waals surface area contributed by atoms with Crippen LogP contribution in [-0.2, 0) is 0 Å². The Morgan fingerprint density at radius 2 is 2.06 bits per heavy atom. The number of rotatable bonds is 3. The molecule has 0 amide bonds. The Hall–Kier alpha value is -0.780. The van der Waals surface area contributed by atoms with Gasteiger partial charge >= 0.3 is 0 Å². The Bertz CT molecular complexity index is 525. The van der Waals surface area contributed by atoms with Crippen LogP contribution in [0.1, 0.15) is 17.2 Å². The maximum absolute atomic E-state index is 6.17. The number of halogens is 2. The van der Waals surface area contributed by atoms with Gasteiger partial charge in [-0.3, -0.25) is 0 Å². The molecule has 1 aromatic carbocycles. The van der Waals surface area contributed by atoms with E-state index in [1.807, 2.05) is 24.3 Å². The minimum atomic E-state index is -0.231. The summed E-state index contributed by atoms with van der Waals surface area (Å²) in [6.07, 6.45) is 1.61. The number of methoxy groups -OCH3 is 1. The molecule has 0 saturated carbocycles. The van der Waals surface area contributed by atoms with Crippen LogP contribution in [0.25, 0.3) is 0 Å². The zero-order chi connectivity index (χ0) is 12.4. The molecule has 1 atom stereocenters. The normalized spacial score (nSPS) is 12.5. The fourth-order valence-electron chi connectivity index (χ4n) is 1.58. The predicted octanol–water partition coefficient (Wildman–Crippen LogP) is 3.86. The summed E-state index contributed by atoms with van der Waals surface area (Å²) in [6, 6.07) is 7.39. The number of benzene rings is 1. The maximum Gasteiger partial charge on any atom is 0.174 e. The van der Waals surface area contributed by atoms with Crippen LogP contribution in [0.15, 0.2) is 44.1 Å². The summed E-state index contributed by atoms with van der Waals surface area (Å²) >= 11 is 6.77. The molecule has 0 aliphatic heterocycles. The summed E-state index contributed by atoms with van der Waals surface area (Å²) in [7, 11) is 1.63. The third-order valence-corrected chi connectivity index (χ3v) is 3.78. The lowest BCUT2D eigenvalue weighted by atomic mass is 10.0. The molecule has 2 aromatic rings. The zero-order valence-corrected chi connectivity index (χ0v) is 12.3. The molecule has 3 nitrogen and oxygen atoms in total. The largest absolute Gasteiger partial charge is 0.496 e. The predicted molar refractivity (Wildman–Crippen MR) is 73.1 cm³/mol. The fourth-order valence-corrected chi connectivity index (χ4v) is 2.63. The Labute approximate surface area is 116 Å². The van der Waals surface area contributed by atoms with E-state index in [0.717, 1.165) is 21.3 Å². The van der Waals surface area contributed by atoms with Crippen molar-refractivity contribution in [3.8, 4) is 5.75 Å². The van der Waals surface area contributed by atoms with Gasteiger partial charge < -0.3 is 14.9 Å². The van der Waals surface area contributed by atoms with E-state index >= 15 is 0 Å². The summed E-state index contributed by atoms with van der Waals surface area (Å²) in [5.41, 5.74) is 8.07. The van der Waals surface area contributed by atoms with Crippen molar-refractivity contribution in [1.29, 1.82) is 0 Å². The number of furan rings is 1. The summed E-state index contributed by atoms with van der Waals surface area (Å²) in [4.78, 5) is 0. The molecule has 0 saturated heterocycles. The van der Waals surface area contributed by atoms with Crippen LogP contribution in [0.5, 0.6) is 5.75 Å². The monoisotopic (exact) mass is 359 g/mol. The highest BCUT2D eigenvalue weighted by Gasteiger charge is 2.15. The van der Waals surface area contributed by atoms with Gasteiger partial charge in [-0.15, -0.1) is 0 Å². The second kappa shape index (κ2) is 5.25. The maximum atomic E-state index is 6.17. The molecule has 5 heteroatoms. The number of hydrogen-bond donors (Lipinski definition) is 1. The quantitative estimate of drug-likeness (QED) is 0.903. The second-order valence-electron chi connectivity index (χ2n) is 3.52. The van der Waals surface area contributed by atoms with Gasteiger partial charge in [-0.25, -0.2) is 0 Å². The molecule has 0 spiro atoms. The average Bonchev–Trinajstić information content (AvgIpc) is 2.74. The first-order chi connectivity index (χ1) is 8.13. The van der Waals surface area contributed by atoms with Crippen molar-refractivity contribution < 1.29 is 9.15 Å². The molecule has 0 aliphatic rings. The lowest BCUT2D eigenvalue weighted by Crippen LogP contribution is -2.11. The topological polar surface area (TPSA) is 48.4 Å². The highest BCUT2D eigenvalue weighted by molar-refractivity contribution is 9.10. The fraction of sp³-hybridized carbons (Fsp3) is 0.167. The summed E-state index contributed by atoms with van der Waals surface area (Å²) in [6.45, 7) is 0. The molecule has 2 rings (SSSR count). The Morgan fingerprint density at radius 1 is 1.29 bits per heavy atom. The van der Waals surface area contributed by atoms with E-state index in [2.05, 4.69) is 31.9 Å². The lowest BCUT2D eigenvalue weighted by Gasteiger charge is -2.12. The van der Waals surface area contributed by atoms with Crippen LogP contribution in [-0.4, -0.2) is 7.11 Å². The van der Waals surface area contributed by atoms with Gasteiger partial charge in [0.05, 0.1) is 23.9 Å². The van der Waals surface area contributed by atoms with Crippen molar-refractivity contribution in [3.05, 3.63) is 50.8 Å². The Morgan fingerprint density at radius 3 is 2.59 bits per heavy atom. The first-order valence-corrected chi connectivity index (χ1v) is 6.54. The Balaban J connectivity index is 2.35. The van der Waals surface area contributed by atoms with E-state index in [1.165, 1.54) is 0 Å². The van der Waals surface area contributed by atoms with E-state index < -0.39 is 0 Å². The molecule has 90 valence electrons. The van der Waals surface area contributed by atoms with Crippen molar-refractivity contribution in [2.75, 3.05) is 7.11 Å². The van der Waals surface area contributed by atoms with Gasteiger partial charge in [-0.2, -0.15) is 0 Å². The van der Waals surface area contributed by atoms with Crippen LogP contribution < -0.4 is 10.5 Å². The summed E-state index contributed by atoms with van der Waals surface area (Å²) in [5, 5.41) is 0. The van der Waals surface area contributed by atoms with Gasteiger partial charge in [0.15, 0.2) is 4.67 Å². The molecule has 0 radical (unpaired) electrons. The third kappa shape index (κ3) is 2.56. The molecule has 0 bridgehead atoms. The molecule has 1 heterocycles. The number of hydrogen-bond acceptors (Lipinski definition) is 3. The van der Waals surface area contributed by atoms with E-state index in [-0.39, 0.29) is 6.04 Å². The van der Waals surface area contributed by atoms with Crippen LogP contribution in [0.2, 0.25) is 0 Å². The first-order valence-electron chi connectivity index (χ1n) is 4.95. The average molecular weight is 361 g/mol. The van der Waals surface area contributed by atoms with E-state index in [0.29, 0.717) is 4.67 Å². The SMILES string of the molecule is COc1ccc(C(N)c2ccoc2Br)cc1Br. The highest BCUT2D eigenvalue weighted by atomic mass is 79.9. The van der Waals surface area contributed by atoms with Gasteiger partial charge in [0.25, 0.3) is 0 Å². The highest BCUT2D eigenvalue weighted by Crippen LogP contribution is 2.32. The minimum Gasteiger partial charge on any atom is -0.496 e. The van der Waals surface area contributed by atoms with Crippen LogP contribution >= 0.6 is 31.9 Å². The Kier molecular flexibility index (Phi) is 3.91. The number of nitrogens with two attached hydrogens (primary N) is 1. The summed E-state index contributed by atoms with van der Waals surface area (Å²) < 4.78 is 11.9. The third-order valence-electron chi connectivity index (χ3n) is 2.52. The van der Waals surface area contributed by atoms with Crippen LogP contribution in [0.3, 0.4) is 0 Å². The van der Waals surface area contributed by atoms with E-state index in [9.17, 15) is 0 Å². The molecule has 1 aromatic heterocycles. The molecule has 0 fully saturated rings. The van der Waals surface area contributed by atoms with Gasteiger partial charge in [-0.05, 0) is 55.6 Å². The molecule has 1 unspecified atom stereocenters. The van der Waals surface area contributed by atoms with Crippen molar-refractivity contribution in [3.63, 3.8) is 0 Å². The van der Waals surface area contributed by atoms with Gasteiger partial charge in [0, 0.05) is 5.56 Å². The molecular weight excluding hydrogens is 350 g/mol. The van der Waals surface area contributed by atoms with Crippen molar-refractivity contribution in [2.24, 2.45) is 5.73 Å². The van der Waals surface area contributed by atoms with Gasteiger partial charge in [0.1, 0.15) is 5.75 Å². The van der Waals surface area contributed by atoms with Gasteiger partial charge in [-0.1, -0.05) is 6.07 Å². The second-order valence-corrected chi connectivity index (χ2v) is 5.10. The summed E-state index contributed by atoms with van der Waals surface area (Å²) in [5.74, 6) is 0.784. The minimum absolute atomic E-state index is 0.231. The lowest BCUT2D eigenvalue weighted by molar-refractivity contribution is 0.412. The standard InChI is InChI=1S/C12H11Br2NO2/c1-16-10-3-2-7(6-9(10)13)11(15)8-4-5-17-12(8)14/h2-6,11H,15H2,1H3. The van der Waals surface area contributed by atoms with Gasteiger partial charge in [0.2, 0.25) is 0 Å². The van der Waals surface area contributed by atoms with E-state index in [4.69, 9.17) is 14.9 Å². The number of ether oxygens (including phenoxy) is 1. The zero-order valence-electron chi connectivity index (χ0n) is 9.11. The molecule has 0 aliphatic carbocycles. The smallest absolute Gasteiger partial charge is 0.174 e. The van der Waals surface area contributed by atoms with Crippen molar-refractivity contribution in [1.82, 2.24) is 0 Å². The van der Waals surface area contributed by atoms with Crippen LogP contribution in [0.4, 0.5) is 0 Å². The van der Waals surface area contributed by atoms with E-state index in [1.54, 1.807) is 13.4 Å². The van der Waals surface area contributed by atoms with Crippen LogP contribution in [0, 0.1) is 0 Å². The molecule has 2 N–H and O–H groups in total. The molecule has 17 heavy (non-hydrogen) atoms. The molecular formula is C12H11Br2NO2. The van der Waals surface area contributed by atoms with Crippen molar-refractivity contribution in [2.45, 2.75) is 6.04 Å². The first kappa shape index (κ1) is 12.7. The van der Waals surface area contributed by atoms with Crippen molar-refractivity contribution >= 4 is 31.9 Å².